The van der Waals surface area contributed by atoms with Crippen molar-refractivity contribution < 1.29 is 22.7 Å². The van der Waals surface area contributed by atoms with Crippen LogP contribution in [-0.2, 0) is 19.6 Å². The molecule has 128 valence electrons. The van der Waals surface area contributed by atoms with Crippen LogP contribution in [0.1, 0.15) is 16.8 Å². The molecule has 0 aliphatic carbocycles. The van der Waals surface area contributed by atoms with Crippen LogP contribution >= 0.6 is 0 Å². The van der Waals surface area contributed by atoms with Gasteiger partial charge in [-0.25, -0.2) is 8.42 Å². The van der Waals surface area contributed by atoms with E-state index in [4.69, 9.17) is 4.74 Å². The lowest BCUT2D eigenvalue weighted by molar-refractivity contribution is -0.121. The third-order valence-corrected chi connectivity index (χ3v) is 3.32. The summed E-state index contributed by atoms with van der Waals surface area (Å²) < 4.78 is 29.3. The van der Waals surface area contributed by atoms with Gasteiger partial charge >= 0.3 is 0 Å². The maximum atomic E-state index is 11.9. The van der Waals surface area contributed by atoms with Gasteiger partial charge < -0.3 is 15.4 Å². The predicted octanol–water partition coefficient (Wildman–Crippen LogP) is -0.0594. The lowest BCUT2D eigenvalue weighted by atomic mass is 10.2. The van der Waals surface area contributed by atoms with Gasteiger partial charge in [-0.15, -0.1) is 0 Å². The summed E-state index contributed by atoms with van der Waals surface area (Å²) in [5, 5.41) is 5.30. The van der Waals surface area contributed by atoms with Gasteiger partial charge in [-0.2, -0.15) is 0 Å². The SMILES string of the molecule is COCCC(=O)NCCNC(=O)c1ccc(NS(C)(=O)=O)cc1. The summed E-state index contributed by atoms with van der Waals surface area (Å²) in [5.41, 5.74) is 0.782. The third kappa shape index (κ3) is 8.17. The molecule has 0 saturated heterocycles. The summed E-state index contributed by atoms with van der Waals surface area (Å²) in [6.07, 6.45) is 1.33. The van der Waals surface area contributed by atoms with E-state index in [0.717, 1.165) is 6.26 Å². The first-order valence-electron chi connectivity index (χ1n) is 6.93. The van der Waals surface area contributed by atoms with Crippen molar-refractivity contribution in [3.63, 3.8) is 0 Å². The Morgan fingerprint density at radius 2 is 1.70 bits per heavy atom. The number of rotatable bonds is 9. The normalized spacial score (nSPS) is 10.9. The second-order valence-electron chi connectivity index (χ2n) is 4.80. The summed E-state index contributed by atoms with van der Waals surface area (Å²) >= 11 is 0. The number of sulfonamides is 1. The molecule has 0 aromatic heterocycles. The fourth-order valence-electron chi connectivity index (χ4n) is 1.67. The first kappa shape index (κ1) is 18.9. The topological polar surface area (TPSA) is 114 Å². The minimum absolute atomic E-state index is 0.141. The van der Waals surface area contributed by atoms with Crippen molar-refractivity contribution in [2.24, 2.45) is 0 Å². The van der Waals surface area contributed by atoms with Gasteiger partial charge in [0.2, 0.25) is 15.9 Å². The molecule has 0 aliphatic rings. The van der Waals surface area contributed by atoms with E-state index in [0.29, 0.717) is 30.9 Å². The highest BCUT2D eigenvalue weighted by Crippen LogP contribution is 2.10. The van der Waals surface area contributed by atoms with Crippen LogP contribution in [0.3, 0.4) is 0 Å². The Balaban J connectivity index is 2.36. The summed E-state index contributed by atoms with van der Waals surface area (Å²) in [4.78, 5) is 23.2. The van der Waals surface area contributed by atoms with Crippen molar-refractivity contribution in [1.82, 2.24) is 10.6 Å². The zero-order valence-electron chi connectivity index (χ0n) is 13.1. The molecule has 3 N–H and O–H groups in total. The summed E-state index contributed by atoms with van der Waals surface area (Å²) in [5.74, 6) is -0.445. The molecule has 0 fully saturated rings. The molecule has 0 aliphatic heterocycles. The molecule has 1 rings (SSSR count). The van der Waals surface area contributed by atoms with Crippen LogP contribution in [0.25, 0.3) is 0 Å². The van der Waals surface area contributed by atoms with Gasteiger partial charge in [0.15, 0.2) is 0 Å². The van der Waals surface area contributed by atoms with Crippen LogP contribution in [-0.4, -0.2) is 53.3 Å². The van der Waals surface area contributed by atoms with Crippen molar-refractivity contribution in [3.8, 4) is 0 Å². The van der Waals surface area contributed by atoms with Crippen LogP contribution in [0.5, 0.6) is 0 Å². The van der Waals surface area contributed by atoms with E-state index >= 15 is 0 Å². The molecule has 9 heteroatoms. The average Bonchev–Trinajstić information content (AvgIpc) is 2.48. The Hall–Kier alpha value is -2.13. The number of carbonyl (C=O) groups is 2. The van der Waals surface area contributed by atoms with Crippen molar-refractivity contribution in [2.75, 3.05) is 37.8 Å². The first-order chi connectivity index (χ1) is 10.8. The Morgan fingerprint density at radius 3 is 2.26 bits per heavy atom. The summed E-state index contributed by atoms with van der Waals surface area (Å²) in [7, 11) is -1.82. The fourth-order valence-corrected chi connectivity index (χ4v) is 2.23. The molecule has 0 heterocycles. The standard InChI is InChI=1S/C14H21N3O5S/c1-22-10-7-13(18)15-8-9-16-14(19)11-3-5-12(6-4-11)17-23(2,20)21/h3-6,17H,7-10H2,1-2H3,(H,15,18)(H,16,19). The monoisotopic (exact) mass is 343 g/mol. The Bertz CT molecular complexity index is 628. The van der Waals surface area contributed by atoms with E-state index in [9.17, 15) is 18.0 Å². The molecule has 0 saturated carbocycles. The van der Waals surface area contributed by atoms with E-state index in [1.165, 1.54) is 31.4 Å². The first-order valence-corrected chi connectivity index (χ1v) is 8.82. The van der Waals surface area contributed by atoms with Crippen LogP contribution in [0.2, 0.25) is 0 Å². The highest BCUT2D eigenvalue weighted by Gasteiger charge is 2.07. The number of amides is 2. The zero-order chi connectivity index (χ0) is 17.3. The Kier molecular flexibility index (Phi) is 7.49. The zero-order valence-corrected chi connectivity index (χ0v) is 13.9. The lowest BCUT2D eigenvalue weighted by Gasteiger charge is -2.08. The number of ether oxygens (including phenoxy) is 1. The molecular formula is C14H21N3O5S. The number of hydrogen-bond acceptors (Lipinski definition) is 5. The van der Waals surface area contributed by atoms with Gasteiger partial charge in [-0.05, 0) is 24.3 Å². The van der Waals surface area contributed by atoms with Gasteiger partial charge in [0.1, 0.15) is 0 Å². The number of nitrogens with one attached hydrogen (secondary N) is 3. The van der Waals surface area contributed by atoms with E-state index in [-0.39, 0.29) is 18.2 Å². The fraction of sp³-hybridized carbons (Fsp3) is 0.429. The van der Waals surface area contributed by atoms with Crippen molar-refractivity contribution in [1.29, 1.82) is 0 Å². The van der Waals surface area contributed by atoms with Gasteiger partial charge in [0.25, 0.3) is 5.91 Å². The highest BCUT2D eigenvalue weighted by molar-refractivity contribution is 7.92. The third-order valence-electron chi connectivity index (χ3n) is 2.72. The molecule has 1 aromatic rings. The van der Waals surface area contributed by atoms with Crippen LogP contribution in [0.4, 0.5) is 5.69 Å². The molecule has 0 spiro atoms. The number of benzene rings is 1. The van der Waals surface area contributed by atoms with Crippen LogP contribution in [0, 0.1) is 0 Å². The molecule has 8 nitrogen and oxygen atoms in total. The van der Waals surface area contributed by atoms with Gasteiger partial charge in [0, 0.05) is 37.9 Å². The van der Waals surface area contributed by atoms with Crippen molar-refractivity contribution in [2.45, 2.75) is 6.42 Å². The lowest BCUT2D eigenvalue weighted by Crippen LogP contribution is -2.34. The smallest absolute Gasteiger partial charge is 0.251 e. The van der Waals surface area contributed by atoms with E-state index < -0.39 is 10.0 Å². The minimum atomic E-state index is -3.34. The molecular weight excluding hydrogens is 322 g/mol. The minimum Gasteiger partial charge on any atom is -0.384 e. The molecule has 0 unspecified atom stereocenters. The predicted molar refractivity (Wildman–Crippen MR) is 86.7 cm³/mol. The van der Waals surface area contributed by atoms with Crippen molar-refractivity contribution in [3.05, 3.63) is 29.8 Å². The van der Waals surface area contributed by atoms with Gasteiger partial charge in [-0.1, -0.05) is 0 Å². The second-order valence-corrected chi connectivity index (χ2v) is 6.55. The summed E-state index contributed by atoms with van der Waals surface area (Å²) in [6, 6.07) is 6.03. The van der Waals surface area contributed by atoms with Gasteiger partial charge in [-0.3, -0.25) is 14.3 Å². The molecule has 0 atom stereocenters. The maximum absolute atomic E-state index is 11.9. The van der Waals surface area contributed by atoms with Crippen molar-refractivity contribution >= 4 is 27.5 Å². The highest BCUT2D eigenvalue weighted by atomic mass is 32.2. The molecule has 0 bridgehead atoms. The van der Waals surface area contributed by atoms with E-state index in [1.807, 2.05) is 0 Å². The molecule has 23 heavy (non-hydrogen) atoms. The van der Waals surface area contributed by atoms with Crippen LogP contribution in [0.15, 0.2) is 24.3 Å². The quantitative estimate of drug-likeness (QED) is 0.544. The number of carbonyl (C=O) groups excluding carboxylic acids is 2. The second kappa shape index (κ2) is 9.11. The molecule has 1 aromatic carbocycles. The molecule has 0 radical (unpaired) electrons. The van der Waals surface area contributed by atoms with E-state index in [2.05, 4.69) is 15.4 Å². The maximum Gasteiger partial charge on any atom is 0.251 e. The average molecular weight is 343 g/mol. The Labute approximate surface area is 135 Å². The summed E-state index contributed by atoms with van der Waals surface area (Å²) in [6.45, 7) is 0.967. The number of hydrogen-bond donors (Lipinski definition) is 3. The number of methoxy groups -OCH3 is 1. The van der Waals surface area contributed by atoms with E-state index in [1.54, 1.807) is 0 Å². The number of anilines is 1. The molecule has 2 amide bonds. The van der Waals surface area contributed by atoms with Crippen LogP contribution < -0.4 is 15.4 Å². The Morgan fingerprint density at radius 1 is 1.09 bits per heavy atom. The largest absolute Gasteiger partial charge is 0.384 e. The van der Waals surface area contributed by atoms with Gasteiger partial charge in [0.05, 0.1) is 12.9 Å².